The van der Waals surface area contributed by atoms with E-state index in [4.69, 9.17) is 9.47 Å². The van der Waals surface area contributed by atoms with Crippen molar-refractivity contribution in [3.8, 4) is 0 Å². The zero-order valence-electron chi connectivity index (χ0n) is 14.6. The number of aliphatic hydroxyl groups is 2. The molecule has 0 radical (unpaired) electrons. The smallest absolute Gasteiger partial charge is 0.332 e. The van der Waals surface area contributed by atoms with Gasteiger partial charge in [0, 0.05) is 9.99 Å². The number of aliphatic carboxylic acids is 1. The van der Waals surface area contributed by atoms with E-state index in [0.29, 0.717) is 9.26 Å². The van der Waals surface area contributed by atoms with Crippen LogP contribution < -0.4 is 4.72 Å². The van der Waals surface area contributed by atoms with Gasteiger partial charge in [0.25, 0.3) is 0 Å². The minimum Gasteiger partial charge on any atom is -0.478 e. The van der Waals surface area contributed by atoms with Crippen LogP contribution in [0.4, 0.5) is 5.69 Å². The normalized spacial score (nSPS) is 26.8. The second-order valence-corrected chi connectivity index (χ2v) is 9.57. The van der Waals surface area contributed by atoms with E-state index in [-0.39, 0.29) is 18.4 Å². The average molecular weight is 525 g/mol. The lowest BCUT2D eigenvalue weighted by molar-refractivity contribution is -0.153. The van der Waals surface area contributed by atoms with Crippen molar-refractivity contribution in [3.05, 3.63) is 39.5 Å². The fraction of sp³-hybridized carbons (Fsp3) is 0.471. The Hall–Kier alpha value is -1.25. The lowest BCUT2D eigenvalue weighted by atomic mass is 9.94. The summed E-state index contributed by atoms with van der Waals surface area (Å²) < 4.78 is 40.2. The number of carboxylic acids is 1. The summed E-state index contributed by atoms with van der Waals surface area (Å²) in [5.74, 6) is -2.89. The van der Waals surface area contributed by atoms with Gasteiger partial charge in [0.2, 0.25) is 10.0 Å². The maximum absolute atomic E-state index is 12.9. The largest absolute Gasteiger partial charge is 0.478 e. The molecule has 1 spiro atoms. The van der Waals surface area contributed by atoms with Crippen LogP contribution in [0.5, 0.6) is 0 Å². The first-order valence-electron chi connectivity index (χ1n) is 8.51. The summed E-state index contributed by atoms with van der Waals surface area (Å²) in [6.07, 6.45) is -0.514. The molecule has 2 aliphatic rings. The van der Waals surface area contributed by atoms with E-state index in [0.717, 1.165) is 6.08 Å². The van der Waals surface area contributed by atoms with Crippen molar-refractivity contribution in [2.45, 2.75) is 36.1 Å². The van der Waals surface area contributed by atoms with E-state index >= 15 is 0 Å². The molecule has 28 heavy (non-hydrogen) atoms. The van der Waals surface area contributed by atoms with Crippen LogP contribution in [0.25, 0.3) is 0 Å². The topological polar surface area (TPSA) is 142 Å². The van der Waals surface area contributed by atoms with Crippen LogP contribution in [0.3, 0.4) is 0 Å². The summed E-state index contributed by atoms with van der Waals surface area (Å²) in [7, 11) is -4.05. The van der Waals surface area contributed by atoms with Crippen molar-refractivity contribution in [1.82, 2.24) is 0 Å². The third-order valence-electron chi connectivity index (χ3n) is 4.70. The minimum absolute atomic E-state index is 0.0623. The Balaban J connectivity index is 1.91. The van der Waals surface area contributed by atoms with E-state index in [1.807, 2.05) is 22.6 Å². The third-order valence-corrected chi connectivity index (χ3v) is 7.39. The quantitative estimate of drug-likeness (QED) is 0.397. The molecule has 1 aliphatic heterocycles. The Labute approximate surface area is 175 Å². The van der Waals surface area contributed by atoms with E-state index in [1.165, 1.54) is 0 Å². The van der Waals surface area contributed by atoms with Crippen molar-refractivity contribution in [2.75, 3.05) is 17.9 Å². The fourth-order valence-corrected chi connectivity index (χ4v) is 5.63. The molecule has 1 heterocycles. The number of nitrogens with one attached hydrogen (secondary N) is 1. The Morgan fingerprint density at radius 1 is 1.21 bits per heavy atom. The molecule has 0 saturated carbocycles. The molecule has 1 unspecified atom stereocenters. The number of hydrogen-bond acceptors (Lipinski definition) is 7. The Kier molecular flexibility index (Phi) is 6.32. The summed E-state index contributed by atoms with van der Waals surface area (Å²) in [5.41, 5.74) is -0.0119. The lowest BCUT2D eigenvalue weighted by Crippen LogP contribution is -2.42. The molecule has 11 heteroatoms. The van der Waals surface area contributed by atoms with Crippen LogP contribution in [-0.2, 0) is 24.3 Å². The predicted octanol–water partition coefficient (Wildman–Crippen LogP) is 0.671. The number of ether oxygens (including phenoxy) is 2. The van der Waals surface area contributed by atoms with Crippen LogP contribution in [0.15, 0.2) is 35.9 Å². The van der Waals surface area contributed by atoms with Gasteiger partial charge in [-0.2, -0.15) is 0 Å². The van der Waals surface area contributed by atoms with Crippen molar-refractivity contribution in [2.24, 2.45) is 0 Å². The van der Waals surface area contributed by atoms with Crippen molar-refractivity contribution in [3.63, 3.8) is 0 Å². The molecular formula is C17H20INO8S. The van der Waals surface area contributed by atoms with Gasteiger partial charge in [-0.15, -0.1) is 0 Å². The molecule has 0 amide bonds. The molecule has 1 aliphatic carbocycles. The molecule has 0 aromatic heterocycles. The predicted molar refractivity (Wildman–Crippen MR) is 107 cm³/mol. The van der Waals surface area contributed by atoms with Gasteiger partial charge >= 0.3 is 5.97 Å². The first-order chi connectivity index (χ1) is 13.2. The van der Waals surface area contributed by atoms with Gasteiger partial charge in [-0.1, -0.05) is 12.1 Å². The highest BCUT2D eigenvalue weighted by atomic mass is 127. The van der Waals surface area contributed by atoms with Crippen LogP contribution in [0, 0.1) is 3.57 Å². The van der Waals surface area contributed by atoms with E-state index < -0.39 is 52.5 Å². The number of anilines is 1. The van der Waals surface area contributed by atoms with Crippen LogP contribution in [-0.4, -0.2) is 66.2 Å². The maximum Gasteiger partial charge on any atom is 0.332 e. The molecule has 1 aromatic rings. The second-order valence-electron chi connectivity index (χ2n) is 6.55. The van der Waals surface area contributed by atoms with Gasteiger partial charge in [0.1, 0.15) is 17.5 Å². The molecule has 1 aromatic carbocycles. The summed E-state index contributed by atoms with van der Waals surface area (Å²) in [4.78, 5) is 11.8. The molecular weight excluding hydrogens is 505 g/mol. The Morgan fingerprint density at radius 3 is 2.36 bits per heavy atom. The molecule has 3 rings (SSSR count). The SMILES string of the molecule is O=C(O)C1=CC2(CCC1S(=O)(=O)Nc1ccccc1I)O[C@H](CO)[C@@H](CO)O2. The highest BCUT2D eigenvalue weighted by Gasteiger charge is 2.51. The number of halogens is 1. The van der Waals surface area contributed by atoms with Crippen LogP contribution >= 0.6 is 22.6 Å². The molecule has 1 saturated heterocycles. The number of aliphatic hydroxyl groups excluding tert-OH is 2. The number of carbonyl (C=O) groups is 1. The first-order valence-corrected chi connectivity index (χ1v) is 11.1. The maximum atomic E-state index is 12.9. The number of para-hydroxylation sites is 1. The van der Waals surface area contributed by atoms with Gasteiger partial charge in [-0.25, -0.2) is 13.2 Å². The minimum atomic E-state index is -4.05. The van der Waals surface area contributed by atoms with Gasteiger partial charge < -0.3 is 24.8 Å². The Bertz CT molecular complexity index is 875. The number of carboxylic acid groups (broad SMARTS) is 1. The van der Waals surface area contributed by atoms with E-state index in [1.54, 1.807) is 24.3 Å². The standard InChI is InChI=1S/C17H20INO8S/c18-11-3-1-2-4-12(11)19-28(24,25)15-5-6-17(7-10(15)16(22)23)26-13(8-20)14(9-21)27-17/h1-4,7,13-15,19-21H,5-6,8-9H2,(H,22,23)/t13-,14-,15?/m1/s1. The Morgan fingerprint density at radius 2 is 1.82 bits per heavy atom. The number of rotatable bonds is 6. The lowest BCUT2D eigenvalue weighted by Gasteiger charge is -2.33. The van der Waals surface area contributed by atoms with Gasteiger partial charge in [-0.3, -0.25) is 4.72 Å². The highest BCUT2D eigenvalue weighted by molar-refractivity contribution is 14.1. The van der Waals surface area contributed by atoms with E-state index in [2.05, 4.69) is 4.72 Å². The molecule has 1 fully saturated rings. The molecule has 0 bridgehead atoms. The average Bonchev–Trinajstić information content (AvgIpc) is 3.00. The van der Waals surface area contributed by atoms with Crippen molar-refractivity contribution >= 4 is 44.3 Å². The fourth-order valence-electron chi connectivity index (χ4n) is 3.37. The monoisotopic (exact) mass is 525 g/mol. The van der Waals surface area contributed by atoms with Crippen LogP contribution in [0.1, 0.15) is 12.8 Å². The van der Waals surface area contributed by atoms with Crippen molar-refractivity contribution < 1.29 is 38.0 Å². The highest BCUT2D eigenvalue weighted by Crippen LogP contribution is 2.41. The number of benzene rings is 1. The molecule has 3 atom stereocenters. The van der Waals surface area contributed by atoms with Gasteiger partial charge in [-0.05, 0) is 47.2 Å². The summed E-state index contributed by atoms with van der Waals surface area (Å²) in [6.45, 7) is -0.835. The summed E-state index contributed by atoms with van der Waals surface area (Å²) in [5, 5.41) is 27.0. The zero-order valence-corrected chi connectivity index (χ0v) is 17.6. The van der Waals surface area contributed by atoms with Crippen LogP contribution in [0.2, 0.25) is 0 Å². The van der Waals surface area contributed by atoms with Gasteiger partial charge in [0.15, 0.2) is 5.79 Å². The number of hydrogen-bond donors (Lipinski definition) is 4. The summed E-state index contributed by atoms with van der Waals surface area (Å²) >= 11 is 1.98. The second kappa shape index (κ2) is 8.24. The first kappa shape index (κ1) is 21.5. The van der Waals surface area contributed by atoms with E-state index in [9.17, 15) is 28.5 Å². The number of sulfonamides is 1. The third kappa shape index (κ3) is 4.19. The van der Waals surface area contributed by atoms with Gasteiger partial charge in [0.05, 0.1) is 24.5 Å². The summed E-state index contributed by atoms with van der Waals surface area (Å²) in [6, 6.07) is 6.76. The van der Waals surface area contributed by atoms with Crippen molar-refractivity contribution in [1.29, 1.82) is 0 Å². The molecule has 4 N–H and O–H groups in total. The molecule has 9 nitrogen and oxygen atoms in total. The zero-order chi connectivity index (χ0) is 20.5. The molecule has 154 valence electrons.